The largest absolute Gasteiger partial charge is 0.378 e. The van der Waals surface area contributed by atoms with Crippen molar-refractivity contribution in [1.29, 1.82) is 0 Å². The van der Waals surface area contributed by atoms with Crippen molar-refractivity contribution in [3.05, 3.63) is 63.6 Å². The molecular formula is C18H18Cl2N4O2. The first-order valence-electron chi connectivity index (χ1n) is 7.69. The zero-order chi connectivity index (χ0) is 19.1. The van der Waals surface area contributed by atoms with Gasteiger partial charge >= 0.3 is 0 Å². The van der Waals surface area contributed by atoms with Gasteiger partial charge < -0.3 is 10.2 Å². The van der Waals surface area contributed by atoms with Gasteiger partial charge in [0, 0.05) is 25.3 Å². The summed E-state index contributed by atoms with van der Waals surface area (Å²) in [5.41, 5.74) is 4.58. The Morgan fingerprint density at radius 2 is 1.77 bits per heavy atom. The summed E-state index contributed by atoms with van der Waals surface area (Å²) >= 11 is 11.7. The summed E-state index contributed by atoms with van der Waals surface area (Å²) in [6, 6.07) is 12.1. The van der Waals surface area contributed by atoms with E-state index >= 15 is 0 Å². The van der Waals surface area contributed by atoms with Crippen molar-refractivity contribution in [2.45, 2.75) is 0 Å². The van der Waals surface area contributed by atoms with E-state index in [1.54, 1.807) is 0 Å². The van der Waals surface area contributed by atoms with Crippen LogP contribution in [-0.4, -0.2) is 38.7 Å². The lowest BCUT2D eigenvalue weighted by atomic mass is 10.2. The summed E-state index contributed by atoms with van der Waals surface area (Å²) in [6.07, 6.45) is 1.53. The number of nitrogens with one attached hydrogen (secondary N) is 2. The topological polar surface area (TPSA) is 73.8 Å². The predicted octanol–water partition coefficient (Wildman–Crippen LogP) is 2.94. The van der Waals surface area contributed by atoms with E-state index in [0.29, 0.717) is 10.6 Å². The van der Waals surface area contributed by atoms with Gasteiger partial charge in [0.1, 0.15) is 0 Å². The Morgan fingerprint density at radius 1 is 1.08 bits per heavy atom. The third-order valence-corrected chi connectivity index (χ3v) is 4.14. The van der Waals surface area contributed by atoms with Gasteiger partial charge in [-0.25, -0.2) is 5.43 Å². The molecule has 0 saturated carbocycles. The van der Waals surface area contributed by atoms with E-state index in [1.165, 1.54) is 24.4 Å². The summed E-state index contributed by atoms with van der Waals surface area (Å²) in [5.74, 6) is -0.874. The number of carbonyl (C=O) groups is 2. The fourth-order valence-electron chi connectivity index (χ4n) is 1.98. The molecule has 0 aromatic heterocycles. The van der Waals surface area contributed by atoms with Gasteiger partial charge in [-0.2, -0.15) is 5.10 Å². The van der Waals surface area contributed by atoms with Crippen molar-refractivity contribution in [2.24, 2.45) is 5.10 Å². The molecule has 2 N–H and O–H groups in total. The minimum Gasteiger partial charge on any atom is -0.378 e. The number of hydrogen-bond acceptors (Lipinski definition) is 4. The van der Waals surface area contributed by atoms with E-state index in [9.17, 15) is 9.59 Å². The zero-order valence-electron chi connectivity index (χ0n) is 14.3. The summed E-state index contributed by atoms with van der Waals surface area (Å²) in [6.45, 7) is -0.212. The van der Waals surface area contributed by atoms with Crippen molar-refractivity contribution in [2.75, 3.05) is 25.5 Å². The third kappa shape index (κ3) is 5.75. The molecule has 2 aromatic rings. The number of amides is 2. The molecule has 0 aliphatic heterocycles. The summed E-state index contributed by atoms with van der Waals surface area (Å²) < 4.78 is 0. The molecule has 0 spiro atoms. The van der Waals surface area contributed by atoms with Crippen LogP contribution in [0.2, 0.25) is 10.0 Å². The quantitative estimate of drug-likeness (QED) is 0.586. The van der Waals surface area contributed by atoms with Crippen LogP contribution in [0, 0.1) is 0 Å². The Labute approximate surface area is 161 Å². The normalized spacial score (nSPS) is 10.6. The molecule has 8 heteroatoms. The van der Waals surface area contributed by atoms with Crippen LogP contribution in [-0.2, 0) is 4.79 Å². The molecule has 0 aliphatic carbocycles. The maximum Gasteiger partial charge on any atom is 0.259 e. The van der Waals surface area contributed by atoms with Crippen molar-refractivity contribution >= 4 is 46.9 Å². The molecular weight excluding hydrogens is 375 g/mol. The van der Waals surface area contributed by atoms with Crippen LogP contribution in [0.3, 0.4) is 0 Å². The van der Waals surface area contributed by atoms with Gasteiger partial charge in [0.05, 0.1) is 22.8 Å². The molecule has 2 amide bonds. The highest BCUT2D eigenvalue weighted by molar-refractivity contribution is 6.42. The van der Waals surface area contributed by atoms with Crippen molar-refractivity contribution in [3.63, 3.8) is 0 Å². The number of anilines is 1. The van der Waals surface area contributed by atoms with E-state index in [1.807, 2.05) is 43.3 Å². The highest BCUT2D eigenvalue weighted by Crippen LogP contribution is 2.22. The second-order valence-corrected chi connectivity index (χ2v) is 6.41. The van der Waals surface area contributed by atoms with Crippen LogP contribution < -0.4 is 15.6 Å². The molecule has 136 valence electrons. The molecule has 0 saturated heterocycles. The third-order valence-electron chi connectivity index (χ3n) is 3.40. The Kier molecular flexibility index (Phi) is 7.00. The second kappa shape index (κ2) is 9.22. The van der Waals surface area contributed by atoms with E-state index in [4.69, 9.17) is 23.2 Å². The molecule has 2 rings (SSSR count). The van der Waals surface area contributed by atoms with Crippen molar-refractivity contribution in [1.82, 2.24) is 10.7 Å². The molecule has 0 aliphatic rings. The van der Waals surface area contributed by atoms with Crippen molar-refractivity contribution in [3.8, 4) is 0 Å². The van der Waals surface area contributed by atoms with Gasteiger partial charge in [-0.3, -0.25) is 9.59 Å². The fraction of sp³-hybridized carbons (Fsp3) is 0.167. The molecule has 0 bridgehead atoms. The van der Waals surface area contributed by atoms with Crippen LogP contribution in [0.15, 0.2) is 47.6 Å². The monoisotopic (exact) mass is 392 g/mol. The van der Waals surface area contributed by atoms with Crippen LogP contribution in [0.25, 0.3) is 0 Å². The minimum absolute atomic E-state index is 0.212. The van der Waals surface area contributed by atoms with Crippen LogP contribution >= 0.6 is 23.2 Å². The van der Waals surface area contributed by atoms with Gasteiger partial charge in [0.2, 0.25) is 0 Å². The number of benzene rings is 2. The SMILES string of the molecule is CN(C)c1ccc(/C=N/NC(=O)CNC(=O)c2ccc(Cl)c(Cl)c2)cc1. The highest BCUT2D eigenvalue weighted by atomic mass is 35.5. The number of rotatable bonds is 6. The van der Waals surface area contributed by atoms with Gasteiger partial charge in [-0.15, -0.1) is 0 Å². The molecule has 0 atom stereocenters. The Bertz CT molecular complexity index is 820. The van der Waals surface area contributed by atoms with Gasteiger partial charge in [0.25, 0.3) is 11.8 Å². The number of hydrogen-bond donors (Lipinski definition) is 2. The summed E-state index contributed by atoms with van der Waals surface area (Å²) in [5, 5.41) is 6.97. The van der Waals surface area contributed by atoms with Crippen molar-refractivity contribution < 1.29 is 9.59 Å². The average molecular weight is 393 g/mol. The number of nitrogens with zero attached hydrogens (tertiary/aromatic N) is 2. The smallest absolute Gasteiger partial charge is 0.259 e. The Hall–Kier alpha value is -2.57. The zero-order valence-corrected chi connectivity index (χ0v) is 15.8. The summed E-state index contributed by atoms with van der Waals surface area (Å²) in [4.78, 5) is 25.7. The van der Waals surface area contributed by atoms with Gasteiger partial charge in [-0.1, -0.05) is 35.3 Å². The minimum atomic E-state index is -0.445. The fourth-order valence-corrected chi connectivity index (χ4v) is 2.27. The van der Waals surface area contributed by atoms with E-state index in [-0.39, 0.29) is 11.6 Å². The lowest BCUT2D eigenvalue weighted by Crippen LogP contribution is -2.34. The van der Waals surface area contributed by atoms with Gasteiger partial charge in [0.15, 0.2) is 0 Å². The number of carbonyl (C=O) groups excluding carboxylic acids is 2. The molecule has 26 heavy (non-hydrogen) atoms. The first-order valence-corrected chi connectivity index (χ1v) is 8.45. The summed E-state index contributed by atoms with van der Waals surface area (Å²) in [7, 11) is 3.91. The van der Waals surface area contributed by atoms with Crippen LogP contribution in [0.4, 0.5) is 5.69 Å². The lowest BCUT2D eigenvalue weighted by molar-refractivity contribution is -0.120. The average Bonchev–Trinajstić information content (AvgIpc) is 2.62. The van der Waals surface area contributed by atoms with Gasteiger partial charge in [-0.05, 0) is 35.9 Å². The van der Waals surface area contributed by atoms with Crippen LogP contribution in [0.5, 0.6) is 0 Å². The lowest BCUT2D eigenvalue weighted by Gasteiger charge is -2.11. The maximum atomic E-state index is 12.0. The Morgan fingerprint density at radius 3 is 2.38 bits per heavy atom. The molecule has 0 heterocycles. The Balaban J connectivity index is 1.81. The second-order valence-electron chi connectivity index (χ2n) is 5.59. The molecule has 6 nitrogen and oxygen atoms in total. The first-order chi connectivity index (χ1) is 12.4. The first kappa shape index (κ1) is 19.8. The van der Waals surface area contributed by atoms with E-state index in [0.717, 1.165) is 11.3 Å². The maximum absolute atomic E-state index is 12.0. The number of hydrazone groups is 1. The van der Waals surface area contributed by atoms with E-state index < -0.39 is 11.8 Å². The highest BCUT2D eigenvalue weighted by Gasteiger charge is 2.09. The molecule has 2 aromatic carbocycles. The number of halogens is 2. The standard InChI is InChI=1S/C18H18Cl2N4O2/c1-24(2)14-6-3-12(4-7-14)10-22-23-17(25)11-21-18(26)13-5-8-15(19)16(20)9-13/h3-10H,11H2,1-2H3,(H,21,26)(H,23,25)/b22-10+. The predicted molar refractivity (Wildman–Crippen MR) is 105 cm³/mol. The van der Waals surface area contributed by atoms with Crippen LogP contribution in [0.1, 0.15) is 15.9 Å². The molecule has 0 radical (unpaired) electrons. The molecule has 0 unspecified atom stereocenters. The van der Waals surface area contributed by atoms with E-state index in [2.05, 4.69) is 15.8 Å². The molecule has 0 fully saturated rings.